The fourth-order valence-corrected chi connectivity index (χ4v) is 4.43. The predicted octanol–water partition coefficient (Wildman–Crippen LogP) is 4.96. The lowest BCUT2D eigenvalue weighted by atomic mass is 9.95. The highest BCUT2D eigenvalue weighted by molar-refractivity contribution is 7.86. The van der Waals surface area contributed by atoms with Crippen molar-refractivity contribution in [3.63, 3.8) is 0 Å². The molecule has 0 spiro atoms. The number of benzene rings is 3. The number of nitro benzene ring substituents is 1. The van der Waals surface area contributed by atoms with Gasteiger partial charge in [0.05, 0.1) is 15.5 Å². The van der Waals surface area contributed by atoms with Crippen molar-refractivity contribution in [1.29, 1.82) is 5.26 Å². The van der Waals surface area contributed by atoms with Crippen LogP contribution in [0.15, 0.2) is 65.6 Å². The number of para-hydroxylation sites is 1. The molecule has 3 aromatic carbocycles. The van der Waals surface area contributed by atoms with Crippen molar-refractivity contribution in [2.24, 2.45) is 0 Å². The van der Waals surface area contributed by atoms with Crippen molar-refractivity contribution in [3.8, 4) is 28.7 Å². The molecule has 0 aliphatic carbocycles. The first-order chi connectivity index (χ1) is 16.1. The van der Waals surface area contributed by atoms with Gasteiger partial charge in [-0.2, -0.15) is 13.7 Å². The first kappa shape index (κ1) is 22.9. The molecule has 0 fully saturated rings. The molecule has 10 nitrogen and oxygen atoms in total. The molecule has 3 N–H and O–H groups in total. The highest BCUT2D eigenvalue weighted by Gasteiger charge is 2.21. The Morgan fingerprint density at radius 2 is 1.88 bits per heavy atom. The number of non-ortho nitro benzene ring substituents is 1. The number of nitrogens with two attached hydrogens (primary N) is 1. The average Bonchev–Trinajstić information content (AvgIpc) is 2.77. The van der Waals surface area contributed by atoms with Gasteiger partial charge in [0.1, 0.15) is 33.8 Å². The molecule has 1 heterocycles. The van der Waals surface area contributed by atoms with E-state index in [0.29, 0.717) is 16.5 Å². The van der Waals surface area contributed by atoms with Gasteiger partial charge in [0.25, 0.3) is 15.8 Å². The number of anilines is 1. The third-order valence-corrected chi connectivity index (χ3v) is 6.22. The van der Waals surface area contributed by atoms with Gasteiger partial charge in [0.15, 0.2) is 0 Å². The summed E-state index contributed by atoms with van der Waals surface area (Å²) in [7, 11) is -4.52. The molecule has 0 unspecified atom stereocenters. The number of nitrogen functional groups attached to an aromatic ring is 1. The summed E-state index contributed by atoms with van der Waals surface area (Å²) in [6, 6.07) is 16.2. The summed E-state index contributed by atoms with van der Waals surface area (Å²) in [4.78, 5) is 14.5. The minimum absolute atomic E-state index is 0.00352. The van der Waals surface area contributed by atoms with E-state index in [-0.39, 0.29) is 39.2 Å². The first-order valence-corrected chi connectivity index (χ1v) is 11.2. The molecule has 0 radical (unpaired) electrons. The Balaban J connectivity index is 1.93. The van der Waals surface area contributed by atoms with Crippen LogP contribution in [-0.4, -0.2) is 22.9 Å². The molecule has 12 heteroatoms. The number of pyridine rings is 1. The fourth-order valence-electron chi connectivity index (χ4n) is 3.42. The predicted molar refractivity (Wildman–Crippen MR) is 124 cm³/mol. The molecule has 0 amide bonds. The molecule has 0 saturated carbocycles. The van der Waals surface area contributed by atoms with Crippen molar-refractivity contribution in [2.45, 2.75) is 4.90 Å². The summed E-state index contributed by atoms with van der Waals surface area (Å²) < 4.78 is 38.0. The second-order valence-corrected chi connectivity index (χ2v) is 8.78. The lowest BCUT2D eigenvalue weighted by Crippen LogP contribution is -2.01. The van der Waals surface area contributed by atoms with Gasteiger partial charge < -0.3 is 10.5 Å². The molecular formula is C22H13ClN4O6S. The van der Waals surface area contributed by atoms with E-state index < -0.39 is 19.9 Å². The van der Waals surface area contributed by atoms with Crippen LogP contribution in [0.5, 0.6) is 11.5 Å². The van der Waals surface area contributed by atoms with Gasteiger partial charge in [-0.25, -0.2) is 4.98 Å². The summed E-state index contributed by atoms with van der Waals surface area (Å²) in [5, 5.41) is 21.2. The third kappa shape index (κ3) is 4.20. The van der Waals surface area contributed by atoms with Crippen LogP contribution in [0, 0.1) is 21.4 Å². The van der Waals surface area contributed by atoms with Gasteiger partial charge in [-0.3, -0.25) is 14.7 Å². The number of hydrogen-bond donors (Lipinski definition) is 2. The summed E-state index contributed by atoms with van der Waals surface area (Å²) in [5.41, 5.74) is 6.82. The minimum atomic E-state index is -4.52. The van der Waals surface area contributed by atoms with Gasteiger partial charge in [0, 0.05) is 34.7 Å². The zero-order chi connectivity index (χ0) is 24.6. The third-order valence-electron chi connectivity index (χ3n) is 4.88. The Kier molecular flexibility index (Phi) is 5.80. The Labute approximate surface area is 197 Å². The number of rotatable bonds is 5. The van der Waals surface area contributed by atoms with Crippen LogP contribution in [0.1, 0.15) is 5.56 Å². The summed E-state index contributed by atoms with van der Waals surface area (Å²) >= 11 is 5.98. The van der Waals surface area contributed by atoms with Crippen LogP contribution in [0.25, 0.3) is 22.0 Å². The molecular weight excluding hydrogens is 484 g/mol. The zero-order valence-corrected chi connectivity index (χ0v) is 18.5. The Bertz CT molecular complexity index is 1630. The number of nitriles is 1. The standard InChI is InChI=1S/C22H13ClN4O6S/c23-17-10-13(6-8-20(17)34(30,31)32)33-19-4-2-1-3-14(19)21-15-9-12(27(28)29)5-7-18(15)26-22(25)16(21)11-24/h1-10H,(H2,25,26)(H,30,31,32). The molecule has 0 aliphatic rings. The lowest BCUT2D eigenvalue weighted by Gasteiger charge is -2.15. The monoisotopic (exact) mass is 496 g/mol. The molecule has 170 valence electrons. The molecule has 34 heavy (non-hydrogen) atoms. The minimum Gasteiger partial charge on any atom is -0.457 e. The van der Waals surface area contributed by atoms with Gasteiger partial charge in [-0.1, -0.05) is 29.8 Å². The highest BCUT2D eigenvalue weighted by Crippen LogP contribution is 2.41. The first-order valence-electron chi connectivity index (χ1n) is 9.42. The smallest absolute Gasteiger partial charge is 0.296 e. The summed E-state index contributed by atoms with van der Waals surface area (Å²) in [6.45, 7) is 0. The number of ether oxygens (including phenoxy) is 1. The molecule has 0 saturated heterocycles. The van der Waals surface area contributed by atoms with E-state index in [9.17, 15) is 28.3 Å². The van der Waals surface area contributed by atoms with E-state index in [2.05, 4.69) is 4.98 Å². The van der Waals surface area contributed by atoms with E-state index >= 15 is 0 Å². The number of halogens is 1. The zero-order valence-electron chi connectivity index (χ0n) is 17.0. The SMILES string of the molecule is N#Cc1c(N)nc2ccc([N+](=O)[O-])cc2c1-c1ccccc1Oc1ccc(S(=O)(=O)O)c(Cl)c1. The van der Waals surface area contributed by atoms with E-state index in [1.54, 1.807) is 24.3 Å². The van der Waals surface area contributed by atoms with Gasteiger partial charge in [0.2, 0.25) is 0 Å². The topological polar surface area (TPSA) is 169 Å². The number of hydrogen-bond acceptors (Lipinski definition) is 8. The molecule has 1 aromatic heterocycles. The maximum atomic E-state index is 11.4. The summed E-state index contributed by atoms with van der Waals surface area (Å²) in [6.07, 6.45) is 0. The van der Waals surface area contributed by atoms with Crippen LogP contribution in [-0.2, 0) is 10.1 Å². The second-order valence-electron chi connectivity index (χ2n) is 6.98. The highest BCUT2D eigenvalue weighted by atomic mass is 35.5. The van der Waals surface area contributed by atoms with Crippen molar-refractivity contribution in [2.75, 3.05) is 5.73 Å². The quantitative estimate of drug-likeness (QED) is 0.220. The van der Waals surface area contributed by atoms with Gasteiger partial charge >= 0.3 is 0 Å². The van der Waals surface area contributed by atoms with E-state index in [1.165, 1.54) is 30.3 Å². The number of nitrogens with zero attached hydrogens (tertiary/aromatic N) is 3. The number of fused-ring (bicyclic) bond motifs is 1. The maximum absolute atomic E-state index is 11.4. The number of aromatic nitrogens is 1. The number of nitro groups is 1. The average molecular weight is 497 g/mol. The van der Waals surface area contributed by atoms with Crippen LogP contribution >= 0.6 is 11.6 Å². The Hall–Kier alpha value is -4.24. The van der Waals surface area contributed by atoms with Gasteiger partial charge in [-0.05, 0) is 24.3 Å². The molecule has 4 aromatic rings. The van der Waals surface area contributed by atoms with Crippen LogP contribution in [0.2, 0.25) is 5.02 Å². The van der Waals surface area contributed by atoms with E-state index in [0.717, 1.165) is 6.07 Å². The van der Waals surface area contributed by atoms with E-state index in [4.69, 9.17) is 22.1 Å². The van der Waals surface area contributed by atoms with Gasteiger partial charge in [-0.15, -0.1) is 0 Å². The van der Waals surface area contributed by atoms with Crippen LogP contribution in [0.3, 0.4) is 0 Å². The lowest BCUT2D eigenvalue weighted by molar-refractivity contribution is -0.384. The van der Waals surface area contributed by atoms with Crippen molar-refractivity contribution in [3.05, 3.63) is 81.4 Å². The second kappa shape index (κ2) is 8.60. The van der Waals surface area contributed by atoms with Crippen LogP contribution < -0.4 is 10.5 Å². The molecule has 0 atom stereocenters. The fraction of sp³-hybridized carbons (Fsp3) is 0. The molecule has 4 rings (SSSR count). The summed E-state index contributed by atoms with van der Waals surface area (Å²) in [5.74, 6) is 0.308. The Morgan fingerprint density at radius 3 is 2.53 bits per heavy atom. The molecule has 0 aliphatic heterocycles. The maximum Gasteiger partial charge on any atom is 0.296 e. The van der Waals surface area contributed by atoms with Crippen molar-refractivity contribution in [1.82, 2.24) is 4.98 Å². The van der Waals surface area contributed by atoms with E-state index in [1.807, 2.05) is 6.07 Å². The largest absolute Gasteiger partial charge is 0.457 e. The Morgan fingerprint density at radius 1 is 1.15 bits per heavy atom. The van der Waals surface area contributed by atoms with Crippen molar-refractivity contribution < 1.29 is 22.6 Å². The normalized spacial score (nSPS) is 11.2. The van der Waals surface area contributed by atoms with Crippen molar-refractivity contribution >= 4 is 44.1 Å². The van der Waals surface area contributed by atoms with Crippen LogP contribution in [0.4, 0.5) is 11.5 Å². The molecule has 0 bridgehead atoms.